The van der Waals surface area contributed by atoms with Crippen LogP contribution in [0.5, 0.6) is 0 Å². The summed E-state index contributed by atoms with van der Waals surface area (Å²) in [6.45, 7) is 3.82. The Kier molecular flexibility index (Phi) is 7.01. The van der Waals surface area contributed by atoms with Gasteiger partial charge in [-0.05, 0) is 19.3 Å². The van der Waals surface area contributed by atoms with Gasteiger partial charge in [-0.2, -0.15) is 0 Å². The molecule has 2 amide bonds. The van der Waals surface area contributed by atoms with E-state index in [1.54, 1.807) is 4.90 Å². The van der Waals surface area contributed by atoms with Crippen LogP contribution in [0.4, 0.5) is 4.79 Å². The number of urea groups is 1. The number of carbonyl (C=O) groups excluding carboxylic acids is 1. The van der Waals surface area contributed by atoms with E-state index >= 15 is 0 Å². The molecule has 0 aromatic rings. The van der Waals surface area contributed by atoms with Gasteiger partial charge in [-0.1, -0.05) is 32.1 Å². The topological polar surface area (TPSA) is 52.6 Å². The van der Waals surface area contributed by atoms with Gasteiger partial charge in [0.25, 0.3) is 0 Å². The van der Waals surface area contributed by atoms with Gasteiger partial charge < -0.3 is 15.3 Å². The van der Waals surface area contributed by atoms with Crippen molar-refractivity contribution in [2.45, 2.75) is 45.4 Å². The number of amides is 2. The lowest BCUT2D eigenvalue weighted by atomic mass is 9.87. The first-order valence-electron chi connectivity index (χ1n) is 6.91. The van der Waals surface area contributed by atoms with Crippen molar-refractivity contribution >= 4 is 6.03 Å². The Morgan fingerprint density at radius 2 is 2.00 bits per heavy atom. The Hall–Kier alpha value is -0.770. The number of hydrogen-bond acceptors (Lipinski definition) is 2. The van der Waals surface area contributed by atoms with Crippen LogP contribution in [0.1, 0.15) is 45.4 Å². The molecule has 0 bridgehead atoms. The fraction of sp³-hybridized carbons (Fsp3) is 0.923. The molecule has 0 atom stereocenters. The molecule has 1 fully saturated rings. The Labute approximate surface area is 104 Å². The molecule has 0 spiro atoms. The smallest absolute Gasteiger partial charge is 0.317 e. The van der Waals surface area contributed by atoms with Gasteiger partial charge in [0.2, 0.25) is 0 Å². The molecule has 0 aromatic heterocycles. The summed E-state index contributed by atoms with van der Waals surface area (Å²) in [5, 5.41) is 11.8. The first-order chi connectivity index (χ1) is 8.27. The van der Waals surface area contributed by atoms with Gasteiger partial charge in [-0.25, -0.2) is 4.79 Å². The van der Waals surface area contributed by atoms with Crippen molar-refractivity contribution in [3.05, 3.63) is 0 Å². The molecular weight excluding hydrogens is 216 g/mol. The lowest BCUT2D eigenvalue weighted by Crippen LogP contribution is -2.42. The van der Waals surface area contributed by atoms with E-state index in [4.69, 9.17) is 5.11 Å². The number of hydrogen-bond donors (Lipinski definition) is 2. The molecule has 0 saturated heterocycles. The van der Waals surface area contributed by atoms with Crippen molar-refractivity contribution in [2.24, 2.45) is 5.92 Å². The van der Waals surface area contributed by atoms with Crippen molar-refractivity contribution in [1.82, 2.24) is 10.2 Å². The summed E-state index contributed by atoms with van der Waals surface area (Å²) in [4.78, 5) is 13.4. The molecule has 0 aromatic carbocycles. The van der Waals surface area contributed by atoms with Crippen LogP contribution in [0.2, 0.25) is 0 Å². The third kappa shape index (κ3) is 5.39. The minimum Gasteiger partial charge on any atom is -0.395 e. The first kappa shape index (κ1) is 14.3. The second kappa shape index (κ2) is 8.34. The Morgan fingerprint density at radius 1 is 1.29 bits per heavy atom. The van der Waals surface area contributed by atoms with Crippen LogP contribution < -0.4 is 5.32 Å². The lowest BCUT2D eigenvalue weighted by molar-refractivity contribution is 0.170. The van der Waals surface area contributed by atoms with Gasteiger partial charge in [0.15, 0.2) is 0 Å². The third-order valence-corrected chi connectivity index (χ3v) is 3.52. The molecular formula is C13H26N2O2. The number of carbonyl (C=O) groups is 1. The molecule has 1 aliphatic carbocycles. The molecule has 0 unspecified atom stereocenters. The van der Waals surface area contributed by atoms with Gasteiger partial charge >= 0.3 is 6.03 Å². The fourth-order valence-corrected chi connectivity index (χ4v) is 2.51. The summed E-state index contributed by atoms with van der Waals surface area (Å²) in [5.41, 5.74) is 0. The van der Waals surface area contributed by atoms with Crippen LogP contribution in [0, 0.1) is 5.92 Å². The van der Waals surface area contributed by atoms with Crippen molar-refractivity contribution < 1.29 is 9.90 Å². The Bertz CT molecular complexity index is 215. The van der Waals surface area contributed by atoms with Crippen molar-refractivity contribution in [3.8, 4) is 0 Å². The van der Waals surface area contributed by atoms with E-state index in [2.05, 4.69) is 5.32 Å². The zero-order chi connectivity index (χ0) is 12.5. The van der Waals surface area contributed by atoms with E-state index in [9.17, 15) is 4.79 Å². The van der Waals surface area contributed by atoms with Crippen LogP contribution in [0.25, 0.3) is 0 Å². The van der Waals surface area contributed by atoms with Crippen molar-refractivity contribution in [2.75, 3.05) is 26.2 Å². The highest BCUT2D eigenvalue weighted by molar-refractivity contribution is 5.74. The average Bonchev–Trinajstić information content (AvgIpc) is 2.36. The molecule has 2 N–H and O–H groups in total. The molecule has 1 aliphatic rings. The van der Waals surface area contributed by atoms with Gasteiger partial charge in [0.05, 0.1) is 6.61 Å². The molecule has 100 valence electrons. The van der Waals surface area contributed by atoms with Gasteiger partial charge in [0, 0.05) is 19.6 Å². The van der Waals surface area contributed by atoms with Crippen molar-refractivity contribution in [3.63, 3.8) is 0 Å². The second-order valence-corrected chi connectivity index (χ2v) is 4.84. The highest BCUT2D eigenvalue weighted by atomic mass is 16.3. The standard InChI is InChI=1S/C13H26N2O2/c1-2-14-13(17)15(10-11-16)9-8-12-6-4-3-5-7-12/h12,16H,2-11H2,1H3,(H,14,17). The second-order valence-electron chi connectivity index (χ2n) is 4.84. The largest absolute Gasteiger partial charge is 0.395 e. The maximum absolute atomic E-state index is 11.7. The molecule has 0 aliphatic heterocycles. The molecule has 1 saturated carbocycles. The zero-order valence-corrected chi connectivity index (χ0v) is 11.0. The molecule has 4 heteroatoms. The fourth-order valence-electron chi connectivity index (χ4n) is 2.51. The van der Waals surface area contributed by atoms with Crippen LogP contribution in [0.3, 0.4) is 0 Å². The number of rotatable bonds is 6. The molecule has 4 nitrogen and oxygen atoms in total. The molecule has 0 heterocycles. The highest BCUT2D eigenvalue weighted by Gasteiger charge is 2.17. The summed E-state index contributed by atoms with van der Waals surface area (Å²) in [6.07, 6.45) is 7.74. The van der Waals surface area contributed by atoms with E-state index in [1.807, 2.05) is 6.92 Å². The van der Waals surface area contributed by atoms with Crippen LogP contribution in [-0.2, 0) is 0 Å². The zero-order valence-electron chi connectivity index (χ0n) is 11.0. The molecule has 1 rings (SSSR count). The third-order valence-electron chi connectivity index (χ3n) is 3.52. The maximum atomic E-state index is 11.7. The molecule has 17 heavy (non-hydrogen) atoms. The Balaban J connectivity index is 2.29. The lowest BCUT2D eigenvalue weighted by Gasteiger charge is -2.26. The monoisotopic (exact) mass is 242 g/mol. The number of aliphatic hydroxyl groups excluding tert-OH is 1. The highest BCUT2D eigenvalue weighted by Crippen LogP contribution is 2.26. The summed E-state index contributed by atoms with van der Waals surface area (Å²) in [6, 6.07) is -0.0441. The predicted molar refractivity (Wildman–Crippen MR) is 68.9 cm³/mol. The summed E-state index contributed by atoms with van der Waals surface area (Å²) in [5.74, 6) is 0.777. The quantitative estimate of drug-likeness (QED) is 0.748. The number of nitrogens with one attached hydrogen (secondary N) is 1. The van der Waals surface area contributed by atoms with Crippen LogP contribution >= 0.6 is 0 Å². The SMILES string of the molecule is CCNC(=O)N(CCO)CCC1CCCCC1. The predicted octanol–water partition coefficient (Wildman–Crippen LogP) is 1.98. The van der Waals surface area contributed by atoms with E-state index in [0.717, 1.165) is 18.9 Å². The van der Waals surface area contributed by atoms with Gasteiger partial charge in [-0.15, -0.1) is 0 Å². The minimum absolute atomic E-state index is 0.0435. The number of nitrogens with zero attached hydrogens (tertiary/aromatic N) is 1. The average molecular weight is 242 g/mol. The first-order valence-corrected chi connectivity index (χ1v) is 6.91. The Morgan fingerprint density at radius 3 is 2.59 bits per heavy atom. The van der Waals surface area contributed by atoms with E-state index in [1.165, 1.54) is 32.1 Å². The minimum atomic E-state index is -0.0441. The molecule has 0 radical (unpaired) electrons. The maximum Gasteiger partial charge on any atom is 0.317 e. The van der Waals surface area contributed by atoms with Gasteiger partial charge in [-0.3, -0.25) is 0 Å². The normalized spacial score (nSPS) is 16.8. The number of aliphatic hydroxyl groups is 1. The van der Waals surface area contributed by atoms with Crippen LogP contribution in [-0.4, -0.2) is 42.3 Å². The van der Waals surface area contributed by atoms with Crippen molar-refractivity contribution in [1.29, 1.82) is 0 Å². The van der Waals surface area contributed by atoms with E-state index in [0.29, 0.717) is 13.1 Å². The summed E-state index contributed by atoms with van der Waals surface area (Å²) < 4.78 is 0. The van der Waals surface area contributed by atoms with E-state index in [-0.39, 0.29) is 12.6 Å². The summed E-state index contributed by atoms with van der Waals surface area (Å²) in [7, 11) is 0. The van der Waals surface area contributed by atoms with E-state index < -0.39 is 0 Å². The summed E-state index contributed by atoms with van der Waals surface area (Å²) >= 11 is 0. The van der Waals surface area contributed by atoms with Crippen LogP contribution in [0.15, 0.2) is 0 Å². The van der Waals surface area contributed by atoms with Gasteiger partial charge in [0.1, 0.15) is 0 Å².